The molecule has 0 spiro atoms. The van der Waals surface area contributed by atoms with Crippen LogP contribution in [0.5, 0.6) is 0 Å². The normalized spacial score (nSPS) is 12.1. The summed E-state index contributed by atoms with van der Waals surface area (Å²) < 4.78 is 0. The van der Waals surface area contributed by atoms with E-state index in [1.165, 1.54) is 6.42 Å². The molecule has 1 aliphatic rings. The van der Waals surface area contributed by atoms with Crippen molar-refractivity contribution in [3.8, 4) is 0 Å². The van der Waals surface area contributed by atoms with Crippen LogP contribution < -0.4 is 10.9 Å². The molecule has 0 amide bonds. The molecule has 0 aliphatic carbocycles. The van der Waals surface area contributed by atoms with Gasteiger partial charge in [-0.15, -0.1) is 0 Å². The number of hydrazine groups is 1. The van der Waals surface area contributed by atoms with Crippen molar-refractivity contribution in [3.05, 3.63) is 12.3 Å². The smallest absolute Gasteiger partial charge is 0.113 e. The van der Waals surface area contributed by atoms with Gasteiger partial charge in [-0.2, -0.15) is 0 Å². The van der Waals surface area contributed by atoms with E-state index in [4.69, 9.17) is 0 Å². The van der Waals surface area contributed by atoms with Crippen molar-refractivity contribution in [1.82, 2.24) is 10.9 Å². The average molecular weight is 213 g/mol. The van der Waals surface area contributed by atoms with Crippen LogP contribution >= 0.6 is 0 Å². The minimum absolute atomic E-state index is 0. The minimum Gasteiger partial charge on any atom is -0.329 e. The fourth-order valence-corrected chi connectivity index (χ4v) is 0.499. The van der Waals surface area contributed by atoms with Crippen molar-refractivity contribution in [1.29, 1.82) is 0 Å². The Bertz CT molecular complexity index is 122. The van der Waals surface area contributed by atoms with Crippen LogP contribution in [0.2, 0.25) is 12.1 Å². The SMILES string of the molecule is C.C1=CNNC1.CC.C[B]C(C)(C)CC. The van der Waals surface area contributed by atoms with E-state index in [1.807, 2.05) is 26.1 Å². The Morgan fingerprint density at radius 1 is 1.33 bits per heavy atom. The van der Waals surface area contributed by atoms with Crippen molar-refractivity contribution >= 4 is 7.28 Å². The monoisotopic (exact) mass is 213 g/mol. The summed E-state index contributed by atoms with van der Waals surface area (Å²) in [4.78, 5) is 0. The van der Waals surface area contributed by atoms with Gasteiger partial charge in [0.05, 0.1) is 0 Å². The van der Waals surface area contributed by atoms with Crippen molar-refractivity contribution < 1.29 is 0 Å². The molecule has 1 radical (unpaired) electrons. The Hall–Kier alpha value is -0.435. The lowest BCUT2D eigenvalue weighted by Gasteiger charge is -2.17. The first-order valence-corrected chi connectivity index (χ1v) is 5.56. The predicted molar refractivity (Wildman–Crippen MR) is 74.3 cm³/mol. The summed E-state index contributed by atoms with van der Waals surface area (Å²) >= 11 is 0. The Balaban J connectivity index is -0.000000159. The van der Waals surface area contributed by atoms with Crippen molar-refractivity contribution in [3.63, 3.8) is 0 Å². The van der Waals surface area contributed by atoms with Gasteiger partial charge in [0, 0.05) is 12.7 Å². The lowest BCUT2D eigenvalue weighted by molar-refractivity contribution is 0.645. The first kappa shape index (κ1) is 20.0. The largest absolute Gasteiger partial charge is 0.329 e. The highest BCUT2D eigenvalue weighted by atomic mass is 15.4. The van der Waals surface area contributed by atoms with Crippen LogP contribution in [0.25, 0.3) is 0 Å². The van der Waals surface area contributed by atoms with Gasteiger partial charge in [0.1, 0.15) is 7.28 Å². The fourth-order valence-electron chi connectivity index (χ4n) is 0.499. The molecule has 0 saturated carbocycles. The van der Waals surface area contributed by atoms with E-state index in [1.54, 1.807) is 0 Å². The Morgan fingerprint density at radius 2 is 1.87 bits per heavy atom. The van der Waals surface area contributed by atoms with Crippen molar-refractivity contribution in [2.45, 2.75) is 60.6 Å². The zero-order valence-electron chi connectivity index (χ0n) is 10.6. The molecule has 15 heavy (non-hydrogen) atoms. The Labute approximate surface area is 98.1 Å². The van der Waals surface area contributed by atoms with Crippen LogP contribution in [0.1, 0.15) is 48.5 Å². The van der Waals surface area contributed by atoms with Gasteiger partial charge in [0.25, 0.3) is 0 Å². The highest BCUT2D eigenvalue weighted by Gasteiger charge is 2.10. The van der Waals surface area contributed by atoms with E-state index in [-0.39, 0.29) is 7.43 Å². The van der Waals surface area contributed by atoms with E-state index in [9.17, 15) is 0 Å². The molecule has 2 N–H and O–H groups in total. The molecule has 2 nitrogen and oxygen atoms in total. The molecule has 1 rings (SSSR count). The van der Waals surface area contributed by atoms with Crippen molar-refractivity contribution in [2.24, 2.45) is 0 Å². The standard InChI is InChI=1S/C6H14B.C3H6N2.C2H6.CH4/c1-5-6(2,3)7-4;1-2-4-5-3-1;1-2;/h5H2,1-4H3;1-2,4-5H,3H2;1-2H3;1H4. The average Bonchev–Trinajstić information content (AvgIpc) is 2.79. The zero-order valence-corrected chi connectivity index (χ0v) is 10.6. The third-order valence-corrected chi connectivity index (χ3v) is 2.22. The summed E-state index contributed by atoms with van der Waals surface area (Å²) in [5, 5.41) is 0.458. The molecule has 1 heterocycles. The lowest BCUT2D eigenvalue weighted by atomic mass is 9.55. The molecule has 0 aromatic rings. The van der Waals surface area contributed by atoms with Crippen LogP contribution in [0.3, 0.4) is 0 Å². The summed E-state index contributed by atoms with van der Waals surface area (Å²) in [6, 6.07) is 0. The summed E-state index contributed by atoms with van der Waals surface area (Å²) in [5.41, 5.74) is 5.65. The molecular weight excluding hydrogens is 183 g/mol. The Kier molecular flexibility index (Phi) is 18.1. The minimum atomic E-state index is 0. The molecule has 0 atom stereocenters. The zero-order chi connectivity index (χ0) is 11.4. The molecule has 91 valence electrons. The van der Waals surface area contributed by atoms with Gasteiger partial charge >= 0.3 is 0 Å². The molecular formula is C12H30BN2. The third kappa shape index (κ3) is 16.3. The second-order valence-corrected chi connectivity index (χ2v) is 3.56. The second kappa shape index (κ2) is 13.6. The van der Waals surface area contributed by atoms with Gasteiger partial charge in [-0.1, -0.05) is 66.7 Å². The van der Waals surface area contributed by atoms with Gasteiger partial charge in [-0.05, 0) is 0 Å². The highest BCUT2D eigenvalue weighted by molar-refractivity contribution is 6.37. The third-order valence-electron chi connectivity index (χ3n) is 2.22. The van der Waals surface area contributed by atoms with E-state index in [2.05, 4.69) is 45.7 Å². The number of hydrogen-bond acceptors (Lipinski definition) is 2. The maximum atomic E-state index is 2.86. The Morgan fingerprint density at radius 3 is 1.93 bits per heavy atom. The van der Waals surface area contributed by atoms with E-state index < -0.39 is 0 Å². The van der Waals surface area contributed by atoms with Gasteiger partial charge in [0.2, 0.25) is 0 Å². The second-order valence-electron chi connectivity index (χ2n) is 3.56. The first-order valence-electron chi connectivity index (χ1n) is 5.56. The van der Waals surface area contributed by atoms with Crippen LogP contribution in [0, 0.1) is 0 Å². The number of rotatable bonds is 2. The predicted octanol–water partition coefficient (Wildman–Crippen LogP) is 3.62. The molecule has 0 aromatic heterocycles. The fraction of sp³-hybridized carbons (Fsp3) is 0.833. The highest BCUT2D eigenvalue weighted by Crippen LogP contribution is 2.25. The molecule has 0 saturated heterocycles. The van der Waals surface area contributed by atoms with Crippen LogP contribution in [-0.2, 0) is 0 Å². The maximum Gasteiger partial charge on any atom is 0.113 e. The van der Waals surface area contributed by atoms with E-state index in [0.29, 0.717) is 5.31 Å². The van der Waals surface area contributed by atoms with Crippen LogP contribution in [-0.4, -0.2) is 13.8 Å². The summed E-state index contributed by atoms with van der Waals surface area (Å²) in [5.74, 6) is 0. The molecule has 3 heteroatoms. The van der Waals surface area contributed by atoms with E-state index in [0.717, 1.165) is 6.54 Å². The lowest BCUT2D eigenvalue weighted by Crippen LogP contribution is -2.19. The van der Waals surface area contributed by atoms with Crippen LogP contribution in [0.15, 0.2) is 12.3 Å². The maximum absolute atomic E-state index is 2.86. The molecule has 0 fully saturated rings. The van der Waals surface area contributed by atoms with Gasteiger partial charge in [-0.3, -0.25) is 0 Å². The van der Waals surface area contributed by atoms with Gasteiger partial charge in [0.15, 0.2) is 0 Å². The molecule has 1 aliphatic heterocycles. The number of hydrogen-bond donors (Lipinski definition) is 2. The molecule has 0 aromatic carbocycles. The molecule has 0 bridgehead atoms. The summed E-state index contributed by atoms with van der Waals surface area (Å²) in [7, 11) is 2.24. The van der Waals surface area contributed by atoms with Crippen molar-refractivity contribution in [2.75, 3.05) is 6.54 Å². The summed E-state index contributed by atoms with van der Waals surface area (Å²) in [6.07, 6.45) is 5.13. The topological polar surface area (TPSA) is 24.1 Å². The van der Waals surface area contributed by atoms with Gasteiger partial charge in [-0.25, -0.2) is 5.43 Å². The quantitative estimate of drug-likeness (QED) is 0.684. The van der Waals surface area contributed by atoms with E-state index >= 15 is 0 Å². The first-order chi connectivity index (χ1) is 6.62. The summed E-state index contributed by atoms with van der Waals surface area (Å²) in [6.45, 7) is 13.8. The number of nitrogens with one attached hydrogen (secondary N) is 2. The van der Waals surface area contributed by atoms with Gasteiger partial charge < -0.3 is 5.43 Å². The molecule has 0 unspecified atom stereocenters. The van der Waals surface area contributed by atoms with Crippen LogP contribution in [0.4, 0.5) is 0 Å².